The van der Waals surface area contributed by atoms with Gasteiger partial charge in [-0.25, -0.2) is 9.97 Å². The highest BCUT2D eigenvalue weighted by Crippen LogP contribution is 2.32. The minimum absolute atomic E-state index is 0.0578. The average Bonchev–Trinajstić information content (AvgIpc) is 2.87. The molecule has 0 radical (unpaired) electrons. The summed E-state index contributed by atoms with van der Waals surface area (Å²) in [6, 6.07) is 9.66. The van der Waals surface area contributed by atoms with Gasteiger partial charge in [-0.1, -0.05) is 30.4 Å². The molecule has 38 heavy (non-hydrogen) atoms. The van der Waals surface area contributed by atoms with Gasteiger partial charge in [0.2, 0.25) is 11.9 Å². The van der Waals surface area contributed by atoms with Crippen molar-refractivity contribution in [2.24, 2.45) is 0 Å². The molecule has 11 heteroatoms. The number of nitrogens with zero attached hydrogens (tertiary/aromatic N) is 3. The van der Waals surface area contributed by atoms with Crippen molar-refractivity contribution in [2.45, 2.75) is 18.7 Å². The molecule has 196 valence electrons. The molecule has 3 N–H and O–H groups in total. The second-order valence-electron chi connectivity index (χ2n) is 8.71. The Bertz CT molecular complexity index is 1400. The number of benzene rings is 2. The van der Waals surface area contributed by atoms with E-state index in [1.165, 1.54) is 24.3 Å². The number of allylic oxidation sites excluding steroid dienone is 2. The van der Waals surface area contributed by atoms with Gasteiger partial charge in [-0.05, 0) is 35.4 Å². The van der Waals surface area contributed by atoms with Crippen molar-refractivity contribution < 1.29 is 27.9 Å². The molecule has 0 aliphatic carbocycles. The lowest BCUT2D eigenvalue weighted by Crippen LogP contribution is -2.34. The van der Waals surface area contributed by atoms with Crippen LogP contribution in [0.15, 0.2) is 73.1 Å². The Kier molecular flexibility index (Phi) is 7.58. The van der Waals surface area contributed by atoms with Crippen molar-refractivity contribution in [1.29, 1.82) is 0 Å². The highest BCUT2D eigenvalue weighted by molar-refractivity contribution is 6.03. The standard InChI is InChI=1S/C27H24F3N5O3/c1-35(2)26-31-14-17(15-32-26)19(16-9-11-18(12-10-16)27(28,29)30)5-3-8-24(37)33-21-6-4-7-22-20(21)13-23(36)25(38)34-22/h3-12,14-15,23,36H,13H2,1-2H3,(H,33,37)(H,34,38)/b8-3+,19-5+. The quantitative estimate of drug-likeness (QED) is 0.333. The zero-order chi connectivity index (χ0) is 27.4. The van der Waals surface area contributed by atoms with Gasteiger partial charge in [0.05, 0.1) is 5.56 Å². The molecule has 0 bridgehead atoms. The highest BCUT2D eigenvalue weighted by atomic mass is 19.4. The van der Waals surface area contributed by atoms with E-state index in [1.807, 2.05) is 0 Å². The van der Waals surface area contributed by atoms with Crippen molar-refractivity contribution >= 4 is 34.7 Å². The van der Waals surface area contributed by atoms with E-state index in [0.717, 1.165) is 12.1 Å². The number of rotatable bonds is 6. The van der Waals surface area contributed by atoms with E-state index >= 15 is 0 Å². The number of halogens is 3. The normalized spacial score (nSPS) is 15.7. The van der Waals surface area contributed by atoms with Crippen LogP contribution in [0.5, 0.6) is 0 Å². The van der Waals surface area contributed by atoms with Crippen molar-refractivity contribution in [3.8, 4) is 0 Å². The molecule has 1 aliphatic heterocycles. The molecule has 0 saturated carbocycles. The van der Waals surface area contributed by atoms with Gasteiger partial charge in [0, 0.05) is 61.5 Å². The van der Waals surface area contributed by atoms with Crippen molar-refractivity contribution in [1.82, 2.24) is 9.97 Å². The second kappa shape index (κ2) is 10.9. The van der Waals surface area contributed by atoms with Crippen LogP contribution in [0, 0.1) is 0 Å². The number of hydrogen-bond acceptors (Lipinski definition) is 6. The number of nitrogens with one attached hydrogen (secondary N) is 2. The maximum absolute atomic E-state index is 13.1. The van der Waals surface area contributed by atoms with Crippen LogP contribution in [-0.4, -0.2) is 47.1 Å². The molecular weight excluding hydrogens is 499 g/mol. The van der Waals surface area contributed by atoms with Crippen LogP contribution >= 0.6 is 0 Å². The molecule has 1 aliphatic rings. The van der Waals surface area contributed by atoms with E-state index in [1.54, 1.807) is 55.7 Å². The predicted molar refractivity (Wildman–Crippen MR) is 137 cm³/mol. The van der Waals surface area contributed by atoms with Gasteiger partial charge in [0.15, 0.2) is 0 Å². The van der Waals surface area contributed by atoms with Gasteiger partial charge in [0.1, 0.15) is 6.10 Å². The number of alkyl halides is 3. The van der Waals surface area contributed by atoms with E-state index in [0.29, 0.717) is 39.6 Å². The lowest BCUT2D eigenvalue weighted by atomic mass is 9.98. The minimum atomic E-state index is -4.47. The molecular formula is C27H24F3N5O3. The van der Waals surface area contributed by atoms with Crippen molar-refractivity contribution in [3.05, 3.63) is 95.3 Å². The van der Waals surface area contributed by atoms with Gasteiger partial charge in [-0.3, -0.25) is 9.59 Å². The number of aliphatic hydroxyl groups excluding tert-OH is 1. The Morgan fingerprint density at radius 3 is 2.42 bits per heavy atom. The zero-order valence-corrected chi connectivity index (χ0v) is 20.5. The van der Waals surface area contributed by atoms with Gasteiger partial charge >= 0.3 is 6.18 Å². The molecule has 4 rings (SSSR count). The van der Waals surface area contributed by atoms with Crippen LogP contribution in [0.3, 0.4) is 0 Å². The third-order valence-electron chi connectivity index (χ3n) is 5.77. The van der Waals surface area contributed by atoms with E-state index in [9.17, 15) is 27.9 Å². The Balaban J connectivity index is 1.60. The highest BCUT2D eigenvalue weighted by Gasteiger charge is 2.30. The Morgan fingerprint density at radius 1 is 1.11 bits per heavy atom. The number of carbonyl (C=O) groups is 2. The molecule has 1 aromatic heterocycles. The lowest BCUT2D eigenvalue weighted by molar-refractivity contribution is -0.137. The summed E-state index contributed by atoms with van der Waals surface area (Å²) in [5, 5.41) is 15.2. The first-order valence-electron chi connectivity index (χ1n) is 11.5. The first kappa shape index (κ1) is 26.6. The van der Waals surface area contributed by atoms with E-state index in [4.69, 9.17) is 0 Å². The topological polar surface area (TPSA) is 107 Å². The third-order valence-corrected chi connectivity index (χ3v) is 5.77. The van der Waals surface area contributed by atoms with Crippen LogP contribution in [0.1, 0.15) is 22.3 Å². The number of aromatic nitrogens is 2. The molecule has 1 atom stereocenters. The Morgan fingerprint density at radius 2 is 1.79 bits per heavy atom. The fourth-order valence-corrected chi connectivity index (χ4v) is 3.84. The van der Waals surface area contributed by atoms with Crippen LogP contribution in [0.25, 0.3) is 5.57 Å². The molecule has 0 saturated heterocycles. The fraction of sp³-hybridized carbons (Fsp3) is 0.185. The summed E-state index contributed by atoms with van der Waals surface area (Å²) in [6.45, 7) is 0. The van der Waals surface area contributed by atoms with Crippen LogP contribution < -0.4 is 15.5 Å². The fourth-order valence-electron chi connectivity index (χ4n) is 3.84. The summed E-state index contributed by atoms with van der Waals surface area (Å²) in [7, 11) is 3.56. The summed E-state index contributed by atoms with van der Waals surface area (Å²) in [5.41, 5.74) is 2.30. The first-order valence-corrected chi connectivity index (χ1v) is 11.5. The third kappa shape index (κ3) is 6.06. The maximum Gasteiger partial charge on any atom is 0.416 e. The number of carbonyl (C=O) groups excluding carboxylic acids is 2. The zero-order valence-electron chi connectivity index (χ0n) is 20.5. The number of aliphatic hydroxyl groups is 1. The molecule has 8 nitrogen and oxygen atoms in total. The molecule has 0 fully saturated rings. The number of fused-ring (bicyclic) bond motifs is 1. The smallest absolute Gasteiger partial charge is 0.383 e. The SMILES string of the molecule is CN(C)c1ncc(/C(=C/C=C/C(=O)Nc2cccc3c2CC(O)C(=O)N3)c2ccc(C(F)(F)F)cc2)cn1. The lowest BCUT2D eigenvalue weighted by Gasteiger charge is -2.23. The van der Waals surface area contributed by atoms with Gasteiger partial charge in [-0.15, -0.1) is 0 Å². The van der Waals surface area contributed by atoms with Crippen LogP contribution in [0.2, 0.25) is 0 Å². The molecule has 0 spiro atoms. The summed E-state index contributed by atoms with van der Waals surface area (Å²) >= 11 is 0. The van der Waals surface area contributed by atoms with E-state index < -0.39 is 29.7 Å². The summed E-state index contributed by atoms with van der Waals surface area (Å²) in [4.78, 5) is 34.6. The van der Waals surface area contributed by atoms with Crippen LogP contribution in [0.4, 0.5) is 30.5 Å². The van der Waals surface area contributed by atoms with Gasteiger partial charge in [-0.2, -0.15) is 13.2 Å². The number of anilines is 3. The average molecular weight is 524 g/mol. The largest absolute Gasteiger partial charge is 0.416 e. The van der Waals surface area contributed by atoms with Crippen molar-refractivity contribution in [3.63, 3.8) is 0 Å². The number of hydrogen-bond donors (Lipinski definition) is 3. The molecule has 2 heterocycles. The molecule has 1 unspecified atom stereocenters. The predicted octanol–water partition coefficient (Wildman–Crippen LogP) is 4.04. The minimum Gasteiger partial charge on any atom is -0.383 e. The van der Waals surface area contributed by atoms with Gasteiger partial charge in [0.25, 0.3) is 5.91 Å². The summed E-state index contributed by atoms with van der Waals surface area (Å²) in [5.74, 6) is -0.528. The maximum atomic E-state index is 13.1. The number of amides is 2. The van der Waals surface area contributed by atoms with E-state index in [2.05, 4.69) is 20.6 Å². The second-order valence-corrected chi connectivity index (χ2v) is 8.71. The van der Waals surface area contributed by atoms with Crippen molar-refractivity contribution in [2.75, 3.05) is 29.6 Å². The monoisotopic (exact) mass is 523 g/mol. The molecule has 2 amide bonds. The Labute approximate surface area is 216 Å². The molecule has 3 aromatic rings. The summed E-state index contributed by atoms with van der Waals surface area (Å²) in [6.07, 6.45) is 1.79. The molecule has 2 aromatic carbocycles. The van der Waals surface area contributed by atoms with E-state index in [-0.39, 0.29) is 6.42 Å². The van der Waals surface area contributed by atoms with Crippen LogP contribution in [-0.2, 0) is 22.2 Å². The van der Waals surface area contributed by atoms with Gasteiger partial charge < -0.3 is 20.6 Å². The Hall–Kier alpha value is -4.51. The summed E-state index contributed by atoms with van der Waals surface area (Å²) < 4.78 is 39.2. The first-order chi connectivity index (χ1) is 18.0.